The zero-order valence-electron chi connectivity index (χ0n) is 11.3. The number of hydrogen-bond donors (Lipinski definition) is 1. The molecular weight excluding hydrogens is 258 g/mol. The largest absolute Gasteiger partial charge is 0.477 e. The van der Waals surface area contributed by atoms with Gasteiger partial charge in [-0.2, -0.15) is 0 Å². The van der Waals surface area contributed by atoms with Crippen LogP contribution in [0, 0.1) is 6.92 Å². The lowest BCUT2D eigenvalue weighted by atomic mass is 10.1. The van der Waals surface area contributed by atoms with E-state index in [9.17, 15) is 9.90 Å². The molecule has 2 rings (SSSR count). The van der Waals surface area contributed by atoms with Crippen LogP contribution in [0.1, 0.15) is 51.3 Å². The third kappa shape index (κ3) is 3.01. The Balaban J connectivity index is 2.34. The maximum absolute atomic E-state index is 11.2. The molecular formula is C15H17NO2S. The van der Waals surface area contributed by atoms with Gasteiger partial charge >= 0.3 is 5.97 Å². The molecule has 1 aromatic heterocycles. The van der Waals surface area contributed by atoms with Crippen molar-refractivity contribution in [1.29, 1.82) is 0 Å². The number of thiazole rings is 1. The Morgan fingerprint density at radius 2 is 2.05 bits per heavy atom. The predicted octanol–water partition coefficient (Wildman–Crippen LogP) is 3.86. The Morgan fingerprint density at radius 1 is 1.37 bits per heavy atom. The maximum Gasteiger partial charge on any atom is 0.347 e. The molecule has 1 N–H and O–H groups in total. The summed E-state index contributed by atoms with van der Waals surface area (Å²) in [6.45, 7) is 6.00. The lowest BCUT2D eigenvalue weighted by Gasteiger charge is -2.02. The van der Waals surface area contributed by atoms with Crippen LogP contribution in [0.25, 0.3) is 0 Å². The summed E-state index contributed by atoms with van der Waals surface area (Å²) in [7, 11) is 0. The molecule has 2 aromatic rings. The lowest BCUT2D eigenvalue weighted by Crippen LogP contribution is -2.00. The zero-order valence-corrected chi connectivity index (χ0v) is 12.1. The number of hydrogen-bond acceptors (Lipinski definition) is 3. The zero-order chi connectivity index (χ0) is 14.0. The van der Waals surface area contributed by atoms with Crippen molar-refractivity contribution in [2.45, 2.75) is 33.1 Å². The molecule has 1 aromatic carbocycles. The van der Waals surface area contributed by atoms with Crippen LogP contribution in [0.4, 0.5) is 0 Å². The Labute approximate surface area is 116 Å². The highest BCUT2D eigenvalue weighted by molar-refractivity contribution is 7.13. The normalized spacial score (nSPS) is 10.9. The smallest absolute Gasteiger partial charge is 0.347 e. The van der Waals surface area contributed by atoms with E-state index in [-0.39, 0.29) is 5.92 Å². The molecule has 0 radical (unpaired) electrons. The fourth-order valence-corrected chi connectivity index (χ4v) is 3.05. The van der Waals surface area contributed by atoms with Gasteiger partial charge in [-0.3, -0.25) is 0 Å². The van der Waals surface area contributed by atoms with Crippen LogP contribution in [0.2, 0.25) is 0 Å². The molecule has 4 heteroatoms. The minimum atomic E-state index is -0.878. The number of aryl methyl sites for hydroxylation is 1. The summed E-state index contributed by atoms with van der Waals surface area (Å²) >= 11 is 1.29. The number of benzene rings is 1. The minimum Gasteiger partial charge on any atom is -0.477 e. The van der Waals surface area contributed by atoms with Crippen molar-refractivity contribution in [1.82, 2.24) is 4.98 Å². The van der Waals surface area contributed by atoms with Crippen LogP contribution in [0.5, 0.6) is 0 Å². The van der Waals surface area contributed by atoms with Crippen molar-refractivity contribution < 1.29 is 9.90 Å². The molecule has 1 heterocycles. The topological polar surface area (TPSA) is 50.2 Å². The number of aromatic carboxylic acids is 1. The molecule has 0 saturated carbocycles. The van der Waals surface area contributed by atoms with Crippen molar-refractivity contribution in [3.05, 3.63) is 51.0 Å². The third-order valence-corrected chi connectivity index (χ3v) is 4.10. The Kier molecular flexibility index (Phi) is 4.00. The molecule has 0 aliphatic rings. The van der Waals surface area contributed by atoms with Crippen molar-refractivity contribution in [3.63, 3.8) is 0 Å². The number of carboxylic acid groups (broad SMARTS) is 1. The van der Waals surface area contributed by atoms with Crippen LogP contribution in [0.15, 0.2) is 24.3 Å². The van der Waals surface area contributed by atoms with Gasteiger partial charge in [0, 0.05) is 6.42 Å². The van der Waals surface area contributed by atoms with Crippen LogP contribution in [-0.2, 0) is 6.42 Å². The summed E-state index contributed by atoms with van der Waals surface area (Å²) in [5, 5.41) is 10.1. The van der Waals surface area contributed by atoms with Gasteiger partial charge in [-0.1, -0.05) is 38.1 Å². The van der Waals surface area contributed by atoms with Crippen LogP contribution in [0.3, 0.4) is 0 Å². The number of carboxylic acids is 1. The van der Waals surface area contributed by atoms with Gasteiger partial charge in [-0.05, 0) is 24.0 Å². The first-order valence-corrected chi connectivity index (χ1v) is 7.08. The second-order valence-corrected chi connectivity index (χ2v) is 5.97. The third-order valence-electron chi connectivity index (χ3n) is 3.04. The summed E-state index contributed by atoms with van der Waals surface area (Å²) in [5.41, 5.74) is 3.10. The van der Waals surface area contributed by atoms with Crippen LogP contribution < -0.4 is 0 Å². The SMILES string of the molecule is Cc1ccccc1Cc1nc(C(C)C)c(C(=O)O)s1. The second kappa shape index (κ2) is 5.53. The van der Waals surface area contributed by atoms with E-state index in [1.807, 2.05) is 26.0 Å². The van der Waals surface area contributed by atoms with Crippen molar-refractivity contribution in [3.8, 4) is 0 Å². The average molecular weight is 275 g/mol. The van der Waals surface area contributed by atoms with Gasteiger partial charge in [-0.15, -0.1) is 11.3 Å². The number of aromatic nitrogens is 1. The van der Waals surface area contributed by atoms with E-state index in [2.05, 4.69) is 24.0 Å². The van der Waals surface area contributed by atoms with Gasteiger partial charge in [0.15, 0.2) is 0 Å². The van der Waals surface area contributed by atoms with E-state index in [0.717, 1.165) is 5.01 Å². The average Bonchev–Trinajstić information content (AvgIpc) is 2.76. The van der Waals surface area contributed by atoms with Crippen LogP contribution in [-0.4, -0.2) is 16.1 Å². The van der Waals surface area contributed by atoms with Crippen molar-refractivity contribution >= 4 is 17.3 Å². The first-order chi connectivity index (χ1) is 8.99. The minimum absolute atomic E-state index is 0.132. The van der Waals surface area contributed by atoms with Gasteiger partial charge in [0.1, 0.15) is 4.88 Å². The van der Waals surface area contributed by atoms with Crippen molar-refractivity contribution in [2.75, 3.05) is 0 Å². The number of rotatable bonds is 4. The molecule has 19 heavy (non-hydrogen) atoms. The maximum atomic E-state index is 11.2. The molecule has 0 aliphatic carbocycles. The van der Waals surface area contributed by atoms with Gasteiger partial charge in [0.25, 0.3) is 0 Å². The van der Waals surface area contributed by atoms with E-state index in [1.54, 1.807) is 0 Å². The summed E-state index contributed by atoms with van der Waals surface area (Å²) < 4.78 is 0. The standard InChI is InChI=1S/C15H17NO2S/c1-9(2)13-14(15(17)18)19-12(16-13)8-11-7-5-4-6-10(11)3/h4-7,9H,8H2,1-3H3,(H,17,18). The quantitative estimate of drug-likeness (QED) is 0.921. The fourth-order valence-electron chi connectivity index (χ4n) is 1.97. The van der Waals surface area contributed by atoms with Crippen LogP contribution >= 0.6 is 11.3 Å². The summed E-state index contributed by atoms with van der Waals surface area (Å²) in [6.07, 6.45) is 0.699. The van der Waals surface area contributed by atoms with E-state index < -0.39 is 5.97 Å². The molecule has 0 fully saturated rings. The second-order valence-electron chi connectivity index (χ2n) is 4.89. The summed E-state index contributed by atoms with van der Waals surface area (Å²) in [4.78, 5) is 16.1. The first kappa shape index (κ1) is 13.7. The Bertz CT molecular complexity index is 602. The molecule has 0 aliphatic heterocycles. The van der Waals surface area contributed by atoms with Gasteiger partial charge in [0.05, 0.1) is 10.7 Å². The highest BCUT2D eigenvalue weighted by Gasteiger charge is 2.19. The van der Waals surface area contributed by atoms with Gasteiger partial charge < -0.3 is 5.11 Å². The van der Waals surface area contributed by atoms with E-state index in [0.29, 0.717) is 17.0 Å². The van der Waals surface area contributed by atoms with Gasteiger partial charge in [0.2, 0.25) is 0 Å². The van der Waals surface area contributed by atoms with E-state index >= 15 is 0 Å². The van der Waals surface area contributed by atoms with E-state index in [4.69, 9.17) is 0 Å². The molecule has 0 amide bonds. The predicted molar refractivity (Wildman–Crippen MR) is 77.1 cm³/mol. The number of carbonyl (C=O) groups is 1. The summed E-state index contributed by atoms with van der Waals surface area (Å²) in [5.74, 6) is -0.745. The summed E-state index contributed by atoms with van der Waals surface area (Å²) in [6, 6.07) is 8.12. The molecule has 0 atom stereocenters. The molecule has 3 nitrogen and oxygen atoms in total. The van der Waals surface area contributed by atoms with Crippen molar-refractivity contribution in [2.24, 2.45) is 0 Å². The monoisotopic (exact) mass is 275 g/mol. The Hall–Kier alpha value is -1.68. The molecule has 0 unspecified atom stereocenters. The first-order valence-electron chi connectivity index (χ1n) is 6.26. The lowest BCUT2D eigenvalue weighted by molar-refractivity contribution is 0.0700. The molecule has 0 bridgehead atoms. The fraction of sp³-hybridized carbons (Fsp3) is 0.333. The number of nitrogens with zero attached hydrogens (tertiary/aromatic N) is 1. The molecule has 0 spiro atoms. The Morgan fingerprint density at radius 3 is 2.58 bits per heavy atom. The molecule has 100 valence electrons. The van der Waals surface area contributed by atoms with E-state index in [1.165, 1.54) is 22.5 Å². The highest BCUT2D eigenvalue weighted by atomic mass is 32.1. The molecule has 0 saturated heterocycles. The highest BCUT2D eigenvalue weighted by Crippen LogP contribution is 2.27. The van der Waals surface area contributed by atoms with Gasteiger partial charge in [-0.25, -0.2) is 9.78 Å².